The number of thioether (sulfide) groups is 1. The van der Waals surface area contributed by atoms with Gasteiger partial charge in [0.2, 0.25) is 0 Å². The minimum Gasteiger partial charge on any atom is -0.315 e. The average molecular weight is 371 g/mol. The first-order valence-electron chi connectivity index (χ1n) is 9.16. The van der Waals surface area contributed by atoms with E-state index >= 15 is 0 Å². The molecular weight excluding hydrogens is 340 g/mol. The Bertz CT molecular complexity index is 733. The van der Waals surface area contributed by atoms with Gasteiger partial charge in [0.15, 0.2) is 0 Å². The molecule has 4 heteroatoms. The van der Waals surface area contributed by atoms with Crippen molar-refractivity contribution in [3.8, 4) is 0 Å². The molecule has 1 amide bonds. The summed E-state index contributed by atoms with van der Waals surface area (Å²) in [6.45, 7) is 13.1. The summed E-state index contributed by atoms with van der Waals surface area (Å²) in [6, 6.07) is 12.3. The lowest BCUT2D eigenvalue weighted by atomic mass is 9.87. The third-order valence-corrected chi connectivity index (χ3v) is 5.54. The van der Waals surface area contributed by atoms with Gasteiger partial charge in [-0.2, -0.15) is 0 Å². The Morgan fingerprint density at radius 3 is 2.35 bits per heavy atom. The molecule has 0 aliphatic carbocycles. The summed E-state index contributed by atoms with van der Waals surface area (Å²) in [4.78, 5) is 16.9. The summed E-state index contributed by atoms with van der Waals surface area (Å²) < 4.78 is 0. The Morgan fingerprint density at radius 2 is 1.77 bits per heavy atom. The van der Waals surface area contributed by atoms with Crippen LogP contribution in [0.3, 0.4) is 0 Å². The normalized spacial score (nSPS) is 12.9. The van der Waals surface area contributed by atoms with Crippen molar-refractivity contribution in [3.63, 3.8) is 0 Å². The van der Waals surface area contributed by atoms with Crippen LogP contribution in [0.15, 0.2) is 42.6 Å². The Kier molecular flexibility index (Phi) is 6.87. The molecule has 140 valence electrons. The fourth-order valence-corrected chi connectivity index (χ4v) is 3.27. The largest absolute Gasteiger partial charge is 0.315 e. The number of carbonyl (C=O) groups is 1. The predicted octanol–water partition coefficient (Wildman–Crippen LogP) is 6.60. The summed E-state index contributed by atoms with van der Waals surface area (Å²) in [7, 11) is 0. The average Bonchev–Trinajstić information content (AvgIpc) is 2.59. The second kappa shape index (κ2) is 8.72. The molecule has 1 aromatic heterocycles. The predicted molar refractivity (Wildman–Crippen MR) is 113 cm³/mol. The molecule has 1 heterocycles. The Hall–Kier alpha value is -1.81. The van der Waals surface area contributed by atoms with Crippen LogP contribution in [-0.2, 0) is 11.2 Å². The Labute approximate surface area is 162 Å². The maximum Gasteiger partial charge on any atom is 0.283 e. The molecule has 1 N–H and O–H groups in total. The molecule has 0 bridgehead atoms. The summed E-state index contributed by atoms with van der Waals surface area (Å²) in [5, 5.41) is 2.97. The Balaban J connectivity index is 1.98. The van der Waals surface area contributed by atoms with Gasteiger partial charge in [-0.05, 0) is 34.6 Å². The lowest BCUT2D eigenvalue weighted by Gasteiger charge is -2.19. The number of rotatable bonds is 5. The molecule has 0 spiro atoms. The summed E-state index contributed by atoms with van der Waals surface area (Å²) >= 11 is 1.29. The number of hydrogen-bond donors (Lipinski definition) is 1. The first kappa shape index (κ1) is 20.5. The van der Waals surface area contributed by atoms with Crippen molar-refractivity contribution in [2.75, 3.05) is 5.32 Å². The lowest BCUT2D eigenvalue weighted by Crippen LogP contribution is -2.12. The van der Waals surface area contributed by atoms with E-state index < -0.39 is 0 Å². The highest BCUT2D eigenvalue weighted by atomic mass is 32.2. The van der Waals surface area contributed by atoms with Gasteiger partial charge in [-0.3, -0.25) is 9.78 Å². The standard InChI is InChI=1S/C22H30N2OS/c1-15(2)16(3)20-19(8-7-13-23-20)24-21(25)26-14-17-9-11-18(12-10-17)22(4,5)6/h7-13,15-16H,14H2,1-6H3,(H,24,25). The third kappa shape index (κ3) is 5.60. The van der Waals surface area contributed by atoms with Gasteiger partial charge >= 0.3 is 0 Å². The van der Waals surface area contributed by atoms with Crippen molar-refractivity contribution < 1.29 is 4.79 Å². The van der Waals surface area contributed by atoms with Crippen LogP contribution >= 0.6 is 11.8 Å². The second-order valence-corrected chi connectivity index (χ2v) is 9.07. The quantitative estimate of drug-likeness (QED) is 0.644. The first-order valence-corrected chi connectivity index (χ1v) is 10.1. The number of aromatic nitrogens is 1. The van der Waals surface area contributed by atoms with E-state index in [0.717, 1.165) is 16.9 Å². The lowest BCUT2D eigenvalue weighted by molar-refractivity contribution is 0.269. The minimum absolute atomic E-state index is 0.0462. The van der Waals surface area contributed by atoms with Gasteiger partial charge in [0, 0.05) is 17.9 Å². The van der Waals surface area contributed by atoms with E-state index in [1.165, 1.54) is 17.3 Å². The van der Waals surface area contributed by atoms with Crippen molar-refractivity contribution in [1.29, 1.82) is 0 Å². The molecule has 2 aromatic rings. The zero-order valence-corrected chi connectivity index (χ0v) is 17.5. The molecular formula is C22H30N2OS. The number of nitrogens with one attached hydrogen (secondary N) is 1. The molecule has 1 aromatic carbocycles. The zero-order valence-electron chi connectivity index (χ0n) is 16.7. The number of nitrogens with zero attached hydrogens (tertiary/aromatic N) is 1. The molecule has 0 saturated heterocycles. The second-order valence-electron chi connectivity index (χ2n) is 8.12. The van der Waals surface area contributed by atoms with E-state index in [2.05, 4.69) is 76.1 Å². The SMILES string of the molecule is CC(C)C(C)c1ncccc1NC(=O)SCc1ccc(C(C)(C)C)cc1. The molecule has 0 fully saturated rings. The van der Waals surface area contributed by atoms with Crippen molar-refractivity contribution in [1.82, 2.24) is 4.98 Å². The van der Waals surface area contributed by atoms with Crippen molar-refractivity contribution >= 4 is 22.7 Å². The van der Waals surface area contributed by atoms with Crippen molar-refractivity contribution in [2.24, 2.45) is 5.92 Å². The van der Waals surface area contributed by atoms with Crippen molar-refractivity contribution in [2.45, 2.75) is 58.6 Å². The maximum absolute atomic E-state index is 12.4. The van der Waals surface area contributed by atoms with Gasteiger partial charge < -0.3 is 5.32 Å². The van der Waals surface area contributed by atoms with E-state index in [1.807, 2.05) is 12.1 Å². The highest BCUT2D eigenvalue weighted by Crippen LogP contribution is 2.29. The smallest absolute Gasteiger partial charge is 0.283 e. The summed E-state index contributed by atoms with van der Waals surface area (Å²) in [5.41, 5.74) is 4.37. The highest BCUT2D eigenvalue weighted by Gasteiger charge is 2.17. The van der Waals surface area contributed by atoms with Gasteiger partial charge in [-0.25, -0.2) is 0 Å². The third-order valence-electron chi connectivity index (χ3n) is 4.70. The molecule has 1 unspecified atom stereocenters. The fourth-order valence-electron chi connectivity index (χ4n) is 2.60. The number of anilines is 1. The molecule has 0 radical (unpaired) electrons. The van der Waals surface area contributed by atoms with E-state index in [1.54, 1.807) is 6.20 Å². The topological polar surface area (TPSA) is 42.0 Å². The molecule has 1 atom stereocenters. The number of benzene rings is 1. The summed E-state index contributed by atoms with van der Waals surface area (Å²) in [5.74, 6) is 1.42. The van der Waals surface area contributed by atoms with Gasteiger partial charge in [0.1, 0.15) is 0 Å². The Morgan fingerprint density at radius 1 is 1.12 bits per heavy atom. The first-order chi connectivity index (χ1) is 12.2. The highest BCUT2D eigenvalue weighted by molar-refractivity contribution is 8.13. The number of pyridine rings is 1. The van der Waals surface area contributed by atoms with Crippen LogP contribution in [0.4, 0.5) is 10.5 Å². The number of hydrogen-bond acceptors (Lipinski definition) is 3. The summed E-state index contributed by atoms with van der Waals surface area (Å²) in [6.07, 6.45) is 1.79. The monoisotopic (exact) mass is 370 g/mol. The van der Waals surface area contributed by atoms with Crippen LogP contribution < -0.4 is 5.32 Å². The fraction of sp³-hybridized carbons (Fsp3) is 0.455. The number of carbonyl (C=O) groups excluding carboxylic acids is 1. The zero-order chi connectivity index (χ0) is 19.3. The van der Waals surface area contributed by atoms with Gasteiger partial charge in [0.25, 0.3) is 5.24 Å². The minimum atomic E-state index is -0.0462. The van der Waals surface area contributed by atoms with E-state index in [9.17, 15) is 4.79 Å². The van der Waals surface area contributed by atoms with E-state index in [-0.39, 0.29) is 10.7 Å². The molecule has 26 heavy (non-hydrogen) atoms. The van der Waals surface area contributed by atoms with Crippen LogP contribution in [0.1, 0.15) is 64.3 Å². The maximum atomic E-state index is 12.4. The van der Waals surface area contributed by atoms with Crippen molar-refractivity contribution in [3.05, 3.63) is 59.4 Å². The molecule has 0 aliphatic heterocycles. The van der Waals surface area contributed by atoms with Gasteiger partial charge in [-0.1, -0.05) is 77.6 Å². The molecule has 0 aliphatic rings. The van der Waals surface area contributed by atoms with Crippen LogP contribution in [0.5, 0.6) is 0 Å². The molecule has 2 rings (SSSR count). The molecule has 3 nitrogen and oxygen atoms in total. The van der Waals surface area contributed by atoms with Crippen LogP contribution in [-0.4, -0.2) is 10.2 Å². The molecule has 0 saturated carbocycles. The van der Waals surface area contributed by atoms with Crippen LogP contribution in [0, 0.1) is 5.92 Å². The van der Waals surface area contributed by atoms with Gasteiger partial charge in [0.05, 0.1) is 11.4 Å². The van der Waals surface area contributed by atoms with E-state index in [0.29, 0.717) is 17.6 Å². The van der Waals surface area contributed by atoms with Crippen LogP contribution in [0.2, 0.25) is 0 Å². The van der Waals surface area contributed by atoms with E-state index in [4.69, 9.17) is 0 Å². The van der Waals surface area contributed by atoms with Gasteiger partial charge in [-0.15, -0.1) is 0 Å². The van der Waals surface area contributed by atoms with Crippen LogP contribution in [0.25, 0.3) is 0 Å². The number of amides is 1.